The average molecular weight is 495 g/mol. The number of alkyl carbamates (subject to hydrolysis) is 1. The molecule has 1 N–H and O–H groups in total. The summed E-state index contributed by atoms with van der Waals surface area (Å²) in [6, 6.07) is 7.24. The molecule has 1 heterocycles. The standard InChI is InChI=1S/C25H39ClN4O4/c1-24(2,3)33-22(31)28-21(27-18-19-10-12-20(26)13-11-19)30(23(32)34-25(4,5)6)17-9-16-29-14-7-8-15-29/h10-13H,7-9,14-18H2,1-6H3,(H,27,28,31). The molecule has 0 unspecified atom stereocenters. The average Bonchev–Trinajstić information content (AvgIpc) is 3.20. The normalized spacial score (nSPS) is 15.2. The molecule has 190 valence electrons. The van der Waals surface area contributed by atoms with Gasteiger partial charge in [-0.1, -0.05) is 23.7 Å². The van der Waals surface area contributed by atoms with Crippen molar-refractivity contribution in [1.82, 2.24) is 15.1 Å². The van der Waals surface area contributed by atoms with Crippen LogP contribution >= 0.6 is 11.6 Å². The van der Waals surface area contributed by atoms with E-state index in [0.717, 1.165) is 31.6 Å². The molecule has 0 saturated carbocycles. The van der Waals surface area contributed by atoms with Crippen molar-refractivity contribution < 1.29 is 19.1 Å². The summed E-state index contributed by atoms with van der Waals surface area (Å²) in [6.45, 7) is 14.3. The molecule has 1 aromatic rings. The molecule has 1 aliphatic rings. The fourth-order valence-electron chi connectivity index (χ4n) is 3.40. The predicted octanol–water partition coefficient (Wildman–Crippen LogP) is 5.44. The van der Waals surface area contributed by atoms with Crippen LogP contribution in [-0.4, -0.2) is 65.3 Å². The molecule has 8 nitrogen and oxygen atoms in total. The molecular formula is C25H39ClN4O4. The molecule has 1 aromatic carbocycles. The zero-order valence-electron chi connectivity index (χ0n) is 21.3. The van der Waals surface area contributed by atoms with E-state index in [4.69, 9.17) is 21.1 Å². The third-order valence-corrected chi connectivity index (χ3v) is 5.11. The van der Waals surface area contributed by atoms with Crippen LogP contribution in [0.3, 0.4) is 0 Å². The summed E-state index contributed by atoms with van der Waals surface area (Å²) in [7, 11) is 0. The zero-order chi connectivity index (χ0) is 25.4. The Balaban J connectivity index is 2.26. The van der Waals surface area contributed by atoms with Gasteiger partial charge in [0.25, 0.3) is 0 Å². The molecule has 0 aliphatic carbocycles. The van der Waals surface area contributed by atoms with Gasteiger partial charge in [-0.3, -0.25) is 5.32 Å². The van der Waals surface area contributed by atoms with Crippen molar-refractivity contribution in [3.05, 3.63) is 34.9 Å². The molecule has 2 rings (SSSR count). The first-order chi connectivity index (χ1) is 15.8. The fourth-order valence-corrected chi connectivity index (χ4v) is 3.53. The van der Waals surface area contributed by atoms with Crippen molar-refractivity contribution in [2.75, 3.05) is 26.2 Å². The second-order valence-electron chi connectivity index (χ2n) is 10.4. The quantitative estimate of drug-likeness (QED) is 0.420. The van der Waals surface area contributed by atoms with Crippen LogP contribution in [0.4, 0.5) is 9.59 Å². The number of nitrogens with one attached hydrogen (secondary N) is 1. The summed E-state index contributed by atoms with van der Waals surface area (Å²) in [5.41, 5.74) is -0.510. The van der Waals surface area contributed by atoms with E-state index >= 15 is 0 Å². The number of ether oxygens (including phenoxy) is 2. The van der Waals surface area contributed by atoms with Gasteiger partial charge in [-0.2, -0.15) is 0 Å². The summed E-state index contributed by atoms with van der Waals surface area (Å²) in [5.74, 6) is 0.0971. The van der Waals surface area contributed by atoms with E-state index in [1.165, 1.54) is 17.7 Å². The third-order valence-electron chi connectivity index (χ3n) is 4.86. The number of guanidine groups is 1. The molecule has 0 spiro atoms. The van der Waals surface area contributed by atoms with Crippen LogP contribution in [0.2, 0.25) is 5.02 Å². The number of nitrogens with zero attached hydrogens (tertiary/aromatic N) is 3. The maximum absolute atomic E-state index is 13.1. The highest BCUT2D eigenvalue weighted by Crippen LogP contribution is 2.15. The lowest BCUT2D eigenvalue weighted by Crippen LogP contribution is -2.50. The summed E-state index contributed by atoms with van der Waals surface area (Å²) in [6.07, 6.45) is 1.86. The van der Waals surface area contributed by atoms with Gasteiger partial charge in [-0.15, -0.1) is 0 Å². The topological polar surface area (TPSA) is 83.5 Å². The first kappa shape index (κ1) is 27.9. The number of likely N-dealkylation sites (tertiary alicyclic amines) is 1. The second kappa shape index (κ2) is 12.4. The van der Waals surface area contributed by atoms with Gasteiger partial charge in [-0.05, 0) is 98.1 Å². The van der Waals surface area contributed by atoms with Crippen molar-refractivity contribution >= 4 is 29.7 Å². The highest BCUT2D eigenvalue weighted by molar-refractivity contribution is 6.30. The van der Waals surface area contributed by atoms with Gasteiger partial charge in [0.15, 0.2) is 0 Å². The summed E-state index contributed by atoms with van der Waals surface area (Å²) in [4.78, 5) is 34.1. The van der Waals surface area contributed by atoms with Crippen LogP contribution in [0.1, 0.15) is 66.4 Å². The monoisotopic (exact) mass is 494 g/mol. The number of carbonyl (C=O) groups is 2. The van der Waals surface area contributed by atoms with E-state index in [9.17, 15) is 9.59 Å². The second-order valence-corrected chi connectivity index (χ2v) is 10.9. The van der Waals surface area contributed by atoms with Crippen molar-refractivity contribution in [3.8, 4) is 0 Å². The van der Waals surface area contributed by atoms with Crippen molar-refractivity contribution in [2.24, 2.45) is 4.99 Å². The van der Waals surface area contributed by atoms with Crippen LogP contribution < -0.4 is 5.32 Å². The Morgan fingerprint density at radius 3 is 2.18 bits per heavy atom. The molecule has 1 aliphatic heterocycles. The van der Waals surface area contributed by atoms with Crippen LogP contribution in [0.5, 0.6) is 0 Å². The molecule has 1 fully saturated rings. The minimum Gasteiger partial charge on any atom is -0.444 e. The number of aliphatic imine (C=N–C) groups is 1. The van der Waals surface area contributed by atoms with E-state index in [1.54, 1.807) is 53.7 Å². The Hall–Kier alpha value is -2.32. The molecule has 2 amide bonds. The van der Waals surface area contributed by atoms with E-state index in [2.05, 4.69) is 15.2 Å². The van der Waals surface area contributed by atoms with E-state index in [0.29, 0.717) is 11.6 Å². The van der Waals surface area contributed by atoms with Gasteiger partial charge in [-0.25, -0.2) is 19.5 Å². The minimum atomic E-state index is -0.697. The lowest BCUT2D eigenvalue weighted by molar-refractivity contribution is 0.0354. The molecule has 0 radical (unpaired) electrons. The maximum atomic E-state index is 13.1. The number of halogens is 1. The molecule has 0 atom stereocenters. The molecule has 0 bridgehead atoms. The largest absolute Gasteiger partial charge is 0.444 e. The number of rotatable bonds is 6. The predicted molar refractivity (Wildman–Crippen MR) is 135 cm³/mol. The first-order valence-corrected chi connectivity index (χ1v) is 12.2. The first-order valence-electron chi connectivity index (χ1n) is 11.8. The number of carbonyl (C=O) groups excluding carboxylic acids is 2. The Labute approximate surface area is 208 Å². The summed E-state index contributed by atoms with van der Waals surface area (Å²) >= 11 is 5.99. The summed E-state index contributed by atoms with van der Waals surface area (Å²) < 4.78 is 11.1. The smallest absolute Gasteiger partial charge is 0.417 e. The molecule has 9 heteroatoms. The Morgan fingerprint density at radius 1 is 1.03 bits per heavy atom. The number of amides is 2. The zero-order valence-corrected chi connectivity index (χ0v) is 22.1. The third kappa shape index (κ3) is 10.7. The number of benzene rings is 1. The molecular weight excluding hydrogens is 456 g/mol. The minimum absolute atomic E-state index is 0.0971. The van der Waals surface area contributed by atoms with Gasteiger partial charge < -0.3 is 14.4 Å². The van der Waals surface area contributed by atoms with Crippen molar-refractivity contribution in [1.29, 1.82) is 0 Å². The lowest BCUT2D eigenvalue weighted by Gasteiger charge is -2.29. The van der Waals surface area contributed by atoms with Gasteiger partial charge >= 0.3 is 12.2 Å². The van der Waals surface area contributed by atoms with E-state index < -0.39 is 23.4 Å². The van der Waals surface area contributed by atoms with Gasteiger partial charge in [0, 0.05) is 11.6 Å². The number of hydrogen-bond acceptors (Lipinski definition) is 6. The highest BCUT2D eigenvalue weighted by atomic mass is 35.5. The van der Waals surface area contributed by atoms with Crippen LogP contribution in [-0.2, 0) is 16.0 Å². The highest BCUT2D eigenvalue weighted by Gasteiger charge is 2.28. The van der Waals surface area contributed by atoms with Gasteiger partial charge in [0.05, 0.1) is 6.54 Å². The lowest BCUT2D eigenvalue weighted by atomic mass is 10.2. The number of hydrogen-bond donors (Lipinski definition) is 1. The van der Waals surface area contributed by atoms with Crippen LogP contribution in [0, 0.1) is 0 Å². The SMILES string of the molecule is CC(C)(C)OC(=O)NC(=NCc1ccc(Cl)cc1)N(CCCN1CCCC1)C(=O)OC(C)(C)C. The summed E-state index contributed by atoms with van der Waals surface area (Å²) in [5, 5.41) is 3.30. The van der Waals surface area contributed by atoms with Crippen molar-refractivity contribution in [3.63, 3.8) is 0 Å². The fraction of sp³-hybridized carbons (Fsp3) is 0.640. The molecule has 1 saturated heterocycles. The maximum Gasteiger partial charge on any atom is 0.417 e. The molecule has 34 heavy (non-hydrogen) atoms. The van der Waals surface area contributed by atoms with Crippen molar-refractivity contribution in [2.45, 2.75) is 78.6 Å². The van der Waals surface area contributed by atoms with Gasteiger partial charge in [0.1, 0.15) is 11.2 Å². The Bertz CT molecular complexity index is 838. The van der Waals surface area contributed by atoms with Gasteiger partial charge in [0.2, 0.25) is 5.96 Å². The van der Waals surface area contributed by atoms with Crippen LogP contribution in [0.25, 0.3) is 0 Å². The van der Waals surface area contributed by atoms with Crippen LogP contribution in [0.15, 0.2) is 29.3 Å². The Kier molecular flexibility index (Phi) is 10.2. The van der Waals surface area contributed by atoms with E-state index in [1.807, 2.05) is 12.1 Å². The van der Waals surface area contributed by atoms with E-state index in [-0.39, 0.29) is 12.5 Å². The Morgan fingerprint density at radius 2 is 1.62 bits per heavy atom. The molecule has 0 aromatic heterocycles.